The van der Waals surface area contributed by atoms with Crippen LogP contribution >= 0.6 is 22.6 Å². The number of Topliss-reactive ketones (excluding diaryl/α,β-unsaturated/α-hetero) is 1. The third kappa shape index (κ3) is 3.18. The summed E-state index contributed by atoms with van der Waals surface area (Å²) in [7, 11) is 0. The van der Waals surface area contributed by atoms with Gasteiger partial charge in [0.1, 0.15) is 0 Å². The van der Waals surface area contributed by atoms with E-state index in [1.54, 1.807) is 0 Å². The lowest BCUT2D eigenvalue weighted by molar-refractivity contribution is -0.115. The SMILES string of the molecule is CC1(C)CC(=O)/C(=C(/I)Cc2ccccc2)C1. The predicted octanol–water partition coefficient (Wildman–Crippen LogP) is 4.31. The fourth-order valence-electron chi connectivity index (χ4n) is 2.31. The molecule has 0 unspecified atom stereocenters. The second-order valence-corrected chi connectivity index (χ2v) is 6.79. The van der Waals surface area contributed by atoms with E-state index in [-0.39, 0.29) is 5.41 Å². The van der Waals surface area contributed by atoms with Crippen LogP contribution in [0.15, 0.2) is 39.5 Å². The molecule has 0 atom stereocenters. The minimum absolute atomic E-state index is 0.152. The van der Waals surface area contributed by atoms with Crippen molar-refractivity contribution >= 4 is 28.4 Å². The lowest BCUT2D eigenvalue weighted by Crippen LogP contribution is -2.04. The molecule has 0 saturated heterocycles. The Morgan fingerprint density at radius 3 is 2.41 bits per heavy atom. The van der Waals surface area contributed by atoms with Gasteiger partial charge in [-0.05, 0) is 40.0 Å². The summed E-state index contributed by atoms with van der Waals surface area (Å²) in [6.07, 6.45) is 2.51. The summed E-state index contributed by atoms with van der Waals surface area (Å²) in [6, 6.07) is 10.3. The Labute approximate surface area is 116 Å². The minimum Gasteiger partial charge on any atom is -0.295 e. The minimum atomic E-state index is 0.152. The van der Waals surface area contributed by atoms with Crippen LogP contribution in [-0.4, -0.2) is 5.78 Å². The molecule has 0 N–H and O–H groups in total. The van der Waals surface area contributed by atoms with Crippen molar-refractivity contribution < 1.29 is 4.79 Å². The van der Waals surface area contributed by atoms with Gasteiger partial charge in [0.2, 0.25) is 0 Å². The summed E-state index contributed by atoms with van der Waals surface area (Å²) in [5.74, 6) is 0.343. The highest BCUT2D eigenvalue weighted by Gasteiger charge is 2.34. The zero-order chi connectivity index (χ0) is 12.5. The van der Waals surface area contributed by atoms with Gasteiger partial charge in [0.05, 0.1) is 0 Å². The van der Waals surface area contributed by atoms with Crippen LogP contribution in [0.25, 0.3) is 0 Å². The first-order valence-electron chi connectivity index (χ1n) is 5.93. The van der Waals surface area contributed by atoms with Crippen LogP contribution in [0.4, 0.5) is 0 Å². The third-order valence-electron chi connectivity index (χ3n) is 3.16. The molecule has 0 spiro atoms. The molecule has 2 rings (SSSR count). The van der Waals surface area contributed by atoms with Crippen LogP contribution in [0, 0.1) is 5.41 Å². The first-order valence-corrected chi connectivity index (χ1v) is 7.00. The smallest absolute Gasteiger partial charge is 0.160 e. The van der Waals surface area contributed by atoms with Crippen LogP contribution < -0.4 is 0 Å². The average Bonchev–Trinajstić information content (AvgIpc) is 2.54. The molecular formula is C15H17IO. The van der Waals surface area contributed by atoms with E-state index in [0.29, 0.717) is 12.2 Å². The van der Waals surface area contributed by atoms with Gasteiger partial charge in [-0.1, -0.05) is 44.2 Å². The van der Waals surface area contributed by atoms with E-state index in [0.717, 1.165) is 18.4 Å². The van der Waals surface area contributed by atoms with Crippen LogP contribution in [0.2, 0.25) is 0 Å². The highest BCUT2D eigenvalue weighted by molar-refractivity contribution is 14.1. The van der Waals surface area contributed by atoms with Gasteiger partial charge in [0.15, 0.2) is 5.78 Å². The van der Waals surface area contributed by atoms with Gasteiger partial charge in [0, 0.05) is 22.0 Å². The monoisotopic (exact) mass is 340 g/mol. The van der Waals surface area contributed by atoms with E-state index in [9.17, 15) is 4.79 Å². The molecule has 0 aromatic heterocycles. The van der Waals surface area contributed by atoms with Crippen molar-refractivity contribution in [3.8, 4) is 0 Å². The van der Waals surface area contributed by atoms with Crippen molar-refractivity contribution in [1.82, 2.24) is 0 Å². The molecule has 1 aromatic rings. The summed E-state index contributed by atoms with van der Waals surface area (Å²) in [4.78, 5) is 12.0. The van der Waals surface area contributed by atoms with Gasteiger partial charge in [-0.25, -0.2) is 0 Å². The van der Waals surface area contributed by atoms with E-state index in [1.807, 2.05) is 18.2 Å². The zero-order valence-electron chi connectivity index (χ0n) is 10.3. The van der Waals surface area contributed by atoms with E-state index >= 15 is 0 Å². The lowest BCUT2D eigenvalue weighted by Gasteiger charge is -2.13. The molecule has 1 aliphatic carbocycles. The molecular weight excluding hydrogens is 323 g/mol. The van der Waals surface area contributed by atoms with Crippen LogP contribution in [-0.2, 0) is 11.2 Å². The largest absolute Gasteiger partial charge is 0.295 e. The number of ketones is 1. The molecule has 90 valence electrons. The summed E-state index contributed by atoms with van der Waals surface area (Å²) in [5, 5.41) is 0. The van der Waals surface area contributed by atoms with Gasteiger partial charge in [-0.15, -0.1) is 0 Å². The average molecular weight is 340 g/mol. The van der Waals surface area contributed by atoms with Crippen molar-refractivity contribution in [3.63, 3.8) is 0 Å². The maximum atomic E-state index is 12.0. The Bertz CT molecular complexity index is 457. The molecule has 2 heteroatoms. The van der Waals surface area contributed by atoms with Crippen molar-refractivity contribution in [2.45, 2.75) is 33.1 Å². The fourth-order valence-corrected chi connectivity index (χ4v) is 3.24. The van der Waals surface area contributed by atoms with Crippen molar-refractivity contribution in [2.24, 2.45) is 5.41 Å². The molecule has 1 fully saturated rings. The number of carbonyl (C=O) groups is 1. The van der Waals surface area contributed by atoms with Gasteiger partial charge in [-0.2, -0.15) is 0 Å². The molecule has 1 aromatic carbocycles. The van der Waals surface area contributed by atoms with Gasteiger partial charge in [-0.3, -0.25) is 4.79 Å². The normalized spacial score (nSPS) is 21.7. The second-order valence-electron chi connectivity index (χ2n) is 5.49. The number of rotatable bonds is 2. The molecule has 17 heavy (non-hydrogen) atoms. The summed E-state index contributed by atoms with van der Waals surface area (Å²) < 4.78 is 1.21. The Balaban J connectivity index is 2.20. The predicted molar refractivity (Wildman–Crippen MR) is 79.2 cm³/mol. The maximum absolute atomic E-state index is 12.0. The Kier molecular flexibility index (Phi) is 3.71. The molecule has 0 amide bonds. The van der Waals surface area contributed by atoms with E-state index < -0.39 is 0 Å². The zero-order valence-corrected chi connectivity index (χ0v) is 12.5. The maximum Gasteiger partial charge on any atom is 0.160 e. The third-order valence-corrected chi connectivity index (χ3v) is 4.19. The highest BCUT2D eigenvalue weighted by atomic mass is 127. The quantitative estimate of drug-likeness (QED) is 0.579. The Morgan fingerprint density at radius 1 is 1.24 bits per heavy atom. The number of allylic oxidation sites excluding steroid dienone is 2. The number of hydrogen-bond acceptors (Lipinski definition) is 1. The Morgan fingerprint density at radius 2 is 1.88 bits per heavy atom. The van der Waals surface area contributed by atoms with E-state index in [2.05, 4.69) is 48.6 Å². The van der Waals surface area contributed by atoms with Crippen LogP contribution in [0.1, 0.15) is 32.3 Å². The summed E-state index contributed by atoms with van der Waals surface area (Å²) >= 11 is 2.34. The van der Waals surface area contributed by atoms with Gasteiger partial charge < -0.3 is 0 Å². The van der Waals surface area contributed by atoms with Crippen LogP contribution in [0.5, 0.6) is 0 Å². The standard InChI is InChI=1S/C15H17IO/c1-15(2)9-12(14(17)10-15)13(16)8-11-6-4-3-5-7-11/h3-7H,8-10H2,1-2H3/b13-12+. The molecule has 0 aliphatic heterocycles. The fraction of sp³-hybridized carbons (Fsp3) is 0.400. The summed E-state index contributed by atoms with van der Waals surface area (Å²) in [6.45, 7) is 4.34. The number of halogens is 1. The lowest BCUT2D eigenvalue weighted by atomic mass is 9.91. The topological polar surface area (TPSA) is 17.1 Å². The molecule has 1 saturated carbocycles. The first kappa shape index (κ1) is 12.8. The number of hydrogen-bond donors (Lipinski definition) is 0. The van der Waals surface area contributed by atoms with Gasteiger partial charge >= 0.3 is 0 Å². The van der Waals surface area contributed by atoms with E-state index in [1.165, 1.54) is 9.14 Å². The van der Waals surface area contributed by atoms with Crippen LogP contribution in [0.3, 0.4) is 0 Å². The second kappa shape index (κ2) is 4.92. The van der Waals surface area contributed by atoms with E-state index in [4.69, 9.17) is 0 Å². The number of carbonyl (C=O) groups excluding carboxylic acids is 1. The molecule has 1 aliphatic rings. The molecule has 1 nitrogen and oxygen atoms in total. The van der Waals surface area contributed by atoms with Crippen molar-refractivity contribution in [3.05, 3.63) is 45.0 Å². The Hall–Kier alpha value is -0.640. The van der Waals surface area contributed by atoms with Gasteiger partial charge in [0.25, 0.3) is 0 Å². The molecule has 0 radical (unpaired) electrons. The van der Waals surface area contributed by atoms with Crippen molar-refractivity contribution in [2.75, 3.05) is 0 Å². The summed E-state index contributed by atoms with van der Waals surface area (Å²) in [5.41, 5.74) is 2.49. The highest BCUT2D eigenvalue weighted by Crippen LogP contribution is 2.41. The molecule has 0 heterocycles. The molecule has 0 bridgehead atoms. The number of benzene rings is 1. The first-order chi connectivity index (χ1) is 7.98. The van der Waals surface area contributed by atoms with Crippen molar-refractivity contribution in [1.29, 1.82) is 0 Å².